The minimum atomic E-state index is -0.335. The van der Waals surface area contributed by atoms with Crippen LogP contribution in [0.5, 0.6) is 17.2 Å². The number of fused-ring (bicyclic) bond motifs is 1. The maximum absolute atomic E-state index is 12.2. The fraction of sp³-hybridized carbons (Fsp3) is 0.0909. The highest BCUT2D eigenvalue weighted by atomic mass is 79.9. The molecule has 8 heteroatoms. The van der Waals surface area contributed by atoms with Crippen molar-refractivity contribution >= 4 is 44.0 Å². The van der Waals surface area contributed by atoms with Crippen LogP contribution in [0, 0.1) is 0 Å². The van der Waals surface area contributed by atoms with Gasteiger partial charge in [0.15, 0.2) is 11.5 Å². The van der Waals surface area contributed by atoms with Crippen LogP contribution in [0.3, 0.4) is 0 Å². The van der Waals surface area contributed by atoms with Crippen LogP contribution in [0.1, 0.15) is 21.5 Å². The number of hydrogen-bond acceptors (Lipinski definition) is 5. The number of rotatable bonds is 6. The number of nitrogens with zero attached hydrogens (tertiary/aromatic N) is 1. The van der Waals surface area contributed by atoms with Crippen LogP contribution in [0.4, 0.5) is 0 Å². The van der Waals surface area contributed by atoms with Crippen molar-refractivity contribution in [1.82, 2.24) is 5.43 Å². The second-order valence-corrected chi connectivity index (χ2v) is 8.14. The van der Waals surface area contributed by atoms with Gasteiger partial charge in [-0.3, -0.25) is 4.79 Å². The van der Waals surface area contributed by atoms with Gasteiger partial charge < -0.3 is 14.2 Å². The molecular weight excluding hydrogens is 516 g/mol. The van der Waals surface area contributed by atoms with E-state index in [9.17, 15) is 4.79 Å². The fourth-order valence-electron chi connectivity index (χ4n) is 2.72. The normalized spacial score (nSPS) is 12.2. The van der Waals surface area contributed by atoms with E-state index in [0.29, 0.717) is 23.7 Å². The van der Waals surface area contributed by atoms with E-state index in [1.807, 2.05) is 42.5 Å². The average molecular weight is 532 g/mol. The van der Waals surface area contributed by atoms with Crippen LogP contribution >= 0.6 is 31.9 Å². The number of ether oxygens (including phenoxy) is 3. The van der Waals surface area contributed by atoms with Crippen molar-refractivity contribution in [2.24, 2.45) is 5.10 Å². The first-order valence-electron chi connectivity index (χ1n) is 8.98. The van der Waals surface area contributed by atoms with Gasteiger partial charge >= 0.3 is 0 Å². The zero-order valence-electron chi connectivity index (χ0n) is 15.6. The van der Waals surface area contributed by atoms with E-state index in [0.717, 1.165) is 25.8 Å². The maximum Gasteiger partial charge on any atom is 0.271 e. The van der Waals surface area contributed by atoms with Crippen molar-refractivity contribution in [3.8, 4) is 17.2 Å². The number of hydrazone groups is 1. The largest absolute Gasteiger partial charge is 0.488 e. The van der Waals surface area contributed by atoms with Gasteiger partial charge in [-0.2, -0.15) is 5.10 Å². The number of benzene rings is 3. The van der Waals surface area contributed by atoms with E-state index in [1.165, 1.54) is 0 Å². The van der Waals surface area contributed by atoms with Crippen LogP contribution in [-0.2, 0) is 6.61 Å². The Morgan fingerprint density at radius 3 is 2.63 bits per heavy atom. The Balaban J connectivity index is 1.34. The topological polar surface area (TPSA) is 69.2 Å². The number of carbonyl (C=O) groups is 1. The maximum atomic E-state index is 12.2. The van der Waals surface area contributed by atoms with Gasteiger partial charge in [0.1, 0.15) is 12.4 Å². The number of nitrogens with one attached hydrogen (secondary N) is 1. The third kappa shape index (κ3) is 5.01. The Labute approximate surface area is 190 Å². The Hall–Kier alpha value is -2.84. The molecule has 0 saturated carbocycles. The second kappa shape index (κ2) is 9.32. The zero-order chi connectivity index (χ0) is 20.9. The lowest BCUT2D eigenvalue weighted by Gasteiger charge is -2.09. The van der Waals surface area contributed by atoms with E-state index in [-0.39, 0.29) is 12.7 Å². The summed E-state index contributed by atoms with van der Waals surface area (Å²) in [5.74, 6) is 1.56. The molecule has 6 nitrogen and oxygen atoms in total. The predicted molar refractivity (Wildman–Crippen MR) is 120 cm³/mol. The van der Waals surface area contributed by atoms with Crippen LogP contribution in [0.15, 0.2) is 74.7 Å². The first-order chi connectivity index (χ1) is 14.6. The number of halogens is 2. The molecule has 0 bridgehead atoms. The molecule has 4 rings (SSSR count). The van der Waals surface area contributed by atoms with Gasteiger partial charge in [0.2, 0.25) is 6.79 Å². The summed E-state index contributed by atoms with van der Waals surface area (Å²) in [7, 11) is 0. The van der Waals surface area contributed by atoms with E-state index in [1.54, 1.807) is 24.4 Å². The SMILES string of the molecule is O=C(NN=Cc1ccc(OCc2ccc(Br)cc2)c(Br)c1)c1ccc2c(c1)OCO2. The van der Waals surface area contributed by atoms with Gasteiger partial charge in [-0.25, -0.2) is 5.43 Å². The van der Waals surface area contributed by atoms with Gasteiger partial charge in [0, 0.05) is 10.0 Å². The molecule has 0 fully saturated rings. The summed E-state index contributed by atoms with van der Waals surface area (Å²) in [6.45, 7) is 0.626. The third-order valence-corrected chi connectivity index (χ3v) is 5.43. The van der Waals surface area contributed by atoms with Gasteiger partial charge in [0.05, 0.1) is 10.7 Å². The molecule has 0 aliphatic carbocycles. The molecule has 0 aromatic heterocycles. The molecule has 0 unspecified atom stereocenters. The number of carbonyl (C=O) groups excluding carboxylic acids is 1. The van der Waals surface area contributed by atoms with Crippen LogP contribution in [0.2, 0.25) is 0 Å². The molecule has 30 heavy (non-hydrogen) atoms. The first-order valence-corrected chi connectivity index (χ1v) is 10.6. The molecular formula is C22H16Br2N2O4. The summed E-state index contributed by atoms with van der Waals surface area (Å²) in [4.78, 5) is 12.2. The molecule has 1 aliphatic heterocycles. The molecule has 1 heterocycles. The highest BCUT2D eigenvalue weighted by Gasteiger charge is 2.15. The molecule has 1 aliphatic rings. The van der Waals surface area contributed by atoms with Gasteiger partial charge in [-0.1, -0.05) is 28.1 Å². The summed E-state index contributed by atoms with van der Waals surface area (Å²) in [5, 5.41) is 4.02. The van der Waals surface area contributed by atoms with Crippen LogP contribution < -0.4 is 19.6 Å². The monoisotopic (exact) mass is 530 g/mol. The van der Waals surface area contributed by atoms with E-state index >= 15 is 0 Å². The first kappa shape index (κ1) is 20.4. The second-order valence-electron chi connectivity index (χ2n) is 6.37. The van der Waals surface area contributed by atoms with Crippen molar-refractivity contribution in [2.45, 2.75) is 6.61 Å². The predicted octanol–water partition coefficient (Wildman–Crippen LogP) is 5.28. The Bertz CT molecular complexity index is 1100. The van der Waals surface area contributed by atoms with Crippen molar-refractivity contribution in [3.05, 3.63) is 86.3 Å². The fourth-order valence-corrected chi connectivity index (χ4v) is 3.50. The number of amides is 1. The summed E-state index contributed by atoms with van der Waals surface area (Å²) in [6, 6.07) is 18.5. The van der Waals surface area contributed by atoms with Gasteiger partial charge in [-0.05, 0) is 75.6 Å². The summed E-state index contributed by atoms with van der Waals surface area (Å²) < 4.78 is 18.2. The Morgan fingerprint density at radius 2 is 1.83 bits per heavy atom. The molecule has 152 valence electrons. The van der Waals surface area contributed by atoms with E-state index in [4.69, 9.17) is 14.2 Å². The molecule has 0 radical (unpaired) electrons. The molecule has 0 spiro atoms. The van der Waals surface area contributed by atoms with Crippen molar-refractivity contribution < 1.29 is 19.0 Å². The van der Waals surface area contributed by atoms with Crippen molar-refractivity contribution in [3.63, 3.8) is 0 Å². The smallest absolute Gasteiger partial charge is 0.271 e. The van der Waals surface area contributed by atoms with E-state index < -0.39 is 0 Å². The van der Waals surface area contributed by atoms with Crippen molar-refractivity contribution in [2.75, 3.05) is 6.79 Å². The van der Waals surface area contributed by atoms with E-state index in [2.05, 4.69) is 42.4 Å². The lowest BCUT2D eigenvalue weighted by atomic mass is 10.2. The number of hydrogen-bond donors (Lipinski definition) is 1. The quantitative estimate of drug-likeness (QED) is 0.347. The molecule has 1 N–H and O–H groups in total. The highest BCUT2D eigenvalue weighted by molar-refractivity contribution is 9.10. The third-order valence-electron chi connectivity index (χ3n) is 4.28. The highest BCUT2D eigenvalue weighted by Crippen LogP contribution is 2.32. The average Bonchev–Trinajstić information content (AvgIpc) is 3.22. The minimum Gasteiger partial charge on any atom is -0.488 e. The zero-order valence-corrected chi connectivity index (χ0v) is 18.8. The summed E-state index contributed by atoms with van der Waals surface area (Å²) >= 11 is 6.93. The summed E-state index contributed by atoms with van der Waals surface area (Å²) in [6.07, 6.45) is 1.56. The van der Waals surface area contributed by atoms with Crippen LogP contribution in [0.25, 0.3) is 0 Å². The minimum absolute atomic E-state index is 0.163. The van der Waals surface area contributed by atoms with Crippen molar-refractivity contribution in [1.29, 1.82) is 0 Å². The molecule has 1 amide bonds. The Kier molecular flexibility index (Phi) is 6.35. The molecule has 3 aromatic rings. The molecule has 0 atom stereocenters. The molecule has 3 aromatic carbocycles. The Morgan fingerprint density at radius 1 is 1.03 bits per heavy atom. The lowest BCUT2D eigenvalue weighted by Crippen LogP contribution is -2.17. The standard InChI is InChI=1S/C22H16Br2N2O4/c23-17-5-1-14(2-6-17)12-28-19-7-3-15(9-18(19)24)11-25-26-22(27)16-4-8-20-21(10-16)30-13-29-20/h1-11H,12-13H2,(H,26,27). The van der Waals surface area contributed by atoms with Gasteiger partial charge in [0.25, 0.3) is 5.91 Å². The van der Waals surface area contributed by atoms with Gasteiger partial charge in [-0.15, -0.1) is 0 Å². The lowest BCUT2D eigenvalue weighted by molar-refractivity contribution is 0.0954. The molecule has 0 saturated heterocycles. The van der Waals surface area contributed by atoms with Crippen LogP contribution in [-0.4, -0.2) is 18.9 Å². The summed E-state index contributed by atoms with van der Waals surface area (Å²) in [5.41, 5.74) is 4.83.